The average molecular weight is 293 g/mol. The number of hydrogen-bond donors (Lipinski definition) is 0. The van der Waals surface area contributed by atoms with E-state index in [1.807, 2.05) is 0 Å². The summed E-state index contributed by atoms with van der Waals surface area (Å²) in [4.78, 5) is 11.7. The highest BCUT2D eigenvalue weighted by atomic mass is 79.9. The second kappa shape index (κ2) is 4.20. The number of rotatable bonds is 2. The number of benzene rings is 1. The Morgan fingerprint density at radius 3 is 2.31 bits per heavy atom. The van der Waals surface area contributed by atoms with Gasteiger partial charge in [0, 0.05) is 5.92 Å². The maximum absolute atomic E-state index is 13.4. The first kappa shape index (κ1) is 11.6. The molecule has 0 aliphatic heterocycles. The fourth-order valence-corrected chi connectivity index (χ4v) is 2.05. The highest BCUT2D eigenvalue weighted by Gasteiger charge is 2.30. The Hall–Kier alpha value is -0.840. The molecule has 1 aliphatic rings. The summed E-state index contributed by atoms with van der Waals surface area (Å²) < 4.78 is 39.2. The average Bonchev–Trinajstić information content (AvgIpc) is 2.17. The first-order chi connectivity index (χ1) is 7.52. The molecule has 0 saturated heterocycles. The van der Waals surface area contributed by atoms with Crippen LogP contribution >= 0.6 is 15.9 Å². The molecule has 1 aromatic rings. The molecular formula is C11H8BrF3O. The van der Waals surface area contributed by atoms with Gasteiger partial charge < -0.3 is 0 Å². The van der Waals surface area contributed by atoms with E-state index >= 15 is 0 Å². The van der Waals surface area contributed by atoms with Gasteiger partial charge in [-0.05, 0) is 34.8 Å². The van der Waals surface area contributed by atoms with Crippen molar-refractivity contribution in [3.63, 3.8) is 0 Å². The molecule has 16 heavy (non-hydrogen) atoms. The van der Waals surface area contributed by atoms with Crippen molar-refractivity contribution in [3.8, 4) is 0 Å². The Balaban J connectivity index is 2.44. The maximum Gasteiger partial charge on any atom is 0.196 e. The molecule has 1 aliphatic carbocycles. The zero-order valence-corrected chi connectivity index (χ0v) is 9.78. The van der Waals surface area contributed by atoms with Gasteiger partial charge in [-0.15, -0.1) is 0 Å². The molecule has 0 N–H and O–H groups in total. The second-order valence-corrected chi connectivity index (χ2v) is 4.69. The molecule has 86 valence electrons. The highest BCUT2D eigenvalue weighted by molar-refractivity contribution is 9.10. The summed E-state index contributed by atoms with van der Waals surface area (Å²) in [5.41, 5.74) is -0.365. The van der Waals surface area contributed by atoms with Gasteiger partial charge in [0.1, 0.15) is 0 Å². The second-order valence-electron chi connectivity index (χ2n) is 3.84. The van der Waals surface area contributed by atoms with E-state index in [2.05, 4.69) is 15.9 Å². The van der Waals surface area contributed by atoms with E-state index in [0.29, 0.717) is 12.8 Å². The lowest BCUT2D eigenvalue weighted by Crippen LogP contribution is -2.23. The lowest BCUT2D eigenvalue weighted by atomic mass is 9.80. The summed E-state index contributed by atoms with van der Waals surface area (Å²) in [6, 6.07) is 1.01. The van der Waals surface area contributed by atoms with Gasteiger partial charge in [-0.2, -0.15) is 0 Å². The SMILES string of the molecule is O=C(c1cc(Br)c(F)c(F)c1F)C1CCC1. The van der Waals surface area contributed by atoms with Gasteiger partial charge in [0.2, 0.25) is 0 Å². The molecule has 1 nitrogen and oxygen atoms in total. The number of Topliss-reactive ketones (excluding diaryl/α,β-unsaturated/α-hetero) is 1. The lowest BCUT2D eigenvalue weighted by Gasteiger charge is -2.24. The topological polar surface area (TPSA) is 17.1 Å². The molecule has 1 fully saturated rings. The molecule has 0 radical (unpaired) electrons. The molecule has 0 atom stereocenters. The summed E-state index contributed by atoms with van der Waals surface area (Å²) in [5, 5.41) is 0. The van der Waals surface area contributed by atoms with E-state index in [4.69, 9.17) is 0 Å². The van der Waals surface area contributed by atoms with Crippen LogP contribution in [0.5, 0.6) is 0 Å². The van der Waals surface area contributed by atoms with Crippen molar-refractivity contribution in [1.29, 1.82) is 0 Å². The monoisotopic (exact) mass is 292 g/mol. The Morgan fingerprint density at radius 2 is 1.81 bits per heavy atom. The Morgan fingerprint density at radius 1 is 1.19 bits per heavy atom. The van der Waals surface area contributed by atoms with E-state index in [9.17, 15) is 18.0 Å². The lowest BCUT2D eigenvalue weighted by molar-refractivity contribution is 0.0849. The predicted octanol–water partition coefficient (Wildman–Crippen LogP) is 3.85. The quantitative estimate of drug-likeness (QED) is 0.460. The van der Waals surface area contributed by atoms with Gasteiger partial charge in [-0.25, -0.2) is 13.2 Å². The molecule has 0 aromatic heterocycles. The molecule has 0 unspecified atom stereocenters. The van der Waals surface area contributed by atoms with Gasteiger partial charge in [-0.3, -0.25) is 4.79 Å². The third-order valence-electron chi connectivity index (χ3n) is 2.84. The molecule has 2 rings (SSSR count). The number of carbonyl (C=O) groups is 1. The van der Waals surface area contributed by atoms with Crippen LogP contribution in [0.2, 0.25) is 0 Å². The molecular weight excluding hydrogens is 285 g/mol. The number of ketones is 1. The van der Waals surface area contributed by atoms with E-state index in [-0.39, 0.29) is 16.0 Å². The zero-order valence-electron chi connectivity index (χ0n) is 8.20. The fraction of sp³-hybridized carbons (Fsp3) is 0.364. The van der Waals surface area contributed by atoms with Gasteiger partial charge in [0.25, 0.3) is 0 Å². The van der Waals surface area contributed by atoms with Crippen molar-refractivity contribution in [2.45, 2.75) is 19.3 Å². The van der Waals surface area contributed by atoms with Crippen molar-refractivity contribution in [3.05, 3.63) is 33.6 Å². The van der Waals surface area contributed by atoms with Gasteiger partial charge in [0.05, 0.1) is 10.0 Å². The first-order valence-corrected chi connectivity index (χ1v) is 5.69. The number of carbonyl (C=O) groups excluding carboxylic acids is 1. The van der Waals surface area contributed by atoms with Crippen LogP contribution < -0.4 is 0 Å². The largest absolute Gasteiger partial charge is 0.294 e. The van der Waals surface area contributed by atoms with Crippen LogP contribution in [0.15, 0.2) is 10.5 Å². The van der Waals surface area contributed by atoms with Crippen molar-refractivity contribution < 1.29 is 18.0 Å². The summed E-state index contributed by atoms with van der Waals surface area (Å²) in [5.74, 6) is -4.98. The van der Waals surface area contributed by atoms with Crippen LogP contribution in [0.3, 0.4) is 0 Å². The molecule has 1 saturated carbocycles. The number of hydrogen-bond acceptors (Lipinski definition) is 1. The minimum absolute atomic E-state index is 0.228. The molecule has 1 aromatic carbocycles. The van der Waals surface area contributed by atoms with Gasteiger partial charge in [0.15, 0.2) is 23.2 Å². The molecule has 0 heterocycles. The highest BCUT2D eigenvalue weighted by Crippen LogP contribution is 2.32. The van der Waals surface area contributed by atoms with E-state index < -0.39 is 23.2 Å². The summed E-state index contributed by atoms with van der Waals surface area (Å²) >= 11 is 2.75. The zero-order chi connectivity index (χ0) is 11.9. The minimum atomic E-state index is -1.60. The van der Waals surface area contributed by atoms with Gasteiger partial charge >= 0.3 is 0 Å². The van der Waals surface area contributed by atoms with E-state index in [0.717, 1.165) is 12.5 Å². The van der Waals surface area contributed by atoms with E-state index in [1.54, 1.807) is 0 Å². The Kier molecular flexibility index (Phi) is 3.06. The summed E-state index contributed by atoms with van der Waals surface area (Å²) in [6.07, 6.45) is 2.30. The summed E-state index contributed by atoms with van der Waals surface area (Å²) in [6.45, 7) is 0. The minimum Gasteiger partial charge on any atom is -0.294 e. The molecule has 5 heteroatoms. The first-order valence-electron chi connectivity index (χ1n) is 4.89. The van der Waals surface area contributed by atoms with Crippen LogP contribution in [0.25, 0.3) is 0 Å². The van der Waals surface area contributed by atoms with E-state index in [1.165, 1.54) is 0 Å². The van der Waals surface area contributed by atoms with Crippen molar-refractivity contribution in [2.24, 2.45) is 5.92 Å². The third-order valence-corrected chi connectivity index (χ3v) is 3.42. The van der Waals surface area contributed by atoms with Crippen LogP contribution in [-0.2, 0) is 0 Å². The smallest absolute Gasteiger partial charge is 0.196 e. The van der Waals surface area contributed by atoms with Crippen molar-refractivity contribution in [1.82, 2.24) is 0 Å². The normalized spacial score (nSPS) is 16.0. The summed E-state index contributed by atoms with van der Waals surface area (Å²) in [7, 11) is 0. The van der Waals surface area contributed by atoms with Crippen LogP contribution in [0.1, 0.15) is 29.6 Å². The van der Waals surface area contributed by atoms with Crippen molar-refractivity contribution >= 4 is 21.7 Å². The predicted molar refractivity (Wildman–Crippen MR) is 55.7 cm³/mol. The molecule has 0 spiro atoms. The van der Waals surface area contributed by atoms with Crippen LogP contribution in [0.4, 0.5) is 13.2 Å². The van der Waals surface area contributed by atoms with Crippen molar-refractivity contribution in [2.75, 3.05) is 0 Å². The maximum atomic E-state index is 13.4. The number of halogens is 4. The third kappa shape index (κ3) is 1.77. The van der Waals surface area contributed by atoms with Crippen LogP contribution in [-0.4, -0.2) is 5.78 Å². The Bertz CT molecular complexity index is 455. The van der Waals surface area contributed by atoms with Gasteiger partial charge in [-0.1, -0.05) is 6.42 Å². The fourth-order valence-electron chi connectivity index (χ4n) is 1.64. The molecule has 0 amide bonds. The standard InChI is InChI=1S/C11H8BrF3O/c12-7-4-6(8(13)10(15)9(7)14)11(16)5-2-1-3-5/h4-5H,1-3H2. The molecule has 0 bridgehead atoms. The van der Waals surface area contributed by atoms with Crippen LogP contribution in [0, 0.1) is 23.4 Å². The Labute approximate surface area is 98.8 Å².